The number of hydrogen-bond donors (Lipinski definition) is 0. The van der Waals surface area contributed by atoms with Gasteiger partial charge in [-0.05, 0) is 31.3 Å². The molecule has 1 atom stereocenters. The molecule has 0 radical (unpaired) electrons. The van der Waals surface area contributed by atoms with Crippen LogP contribution in [-0.2, 0) is 11.3 Å². The molecule has 4 heterocycles. The zero-order chi connectivity index (χ0) is 18.6. The van der Waals surface area contributed by atoms with Gasteiger partial charge < -0.3 is 4.90 Å². The largest absolute Gasteiger partial charge is 0.341 e. The van der Waals surface area contributed by atoms with E-state index in [9.17, 15) is 4.79 Å². The lowest BCUT2D eigenvalue weighted by Gasteiger charge is -2.37. The standard InChI is InChI=1S/C17H25N7O2S/c1-13-15(20-26-19-13)10-22-5-7-23(8-6-22)11-17(25)24-4-2-3-14(9-24)16-12-27-21-18-16/h12,14H,2-11H2,1H3/t14-/m0/s1. The van der Waals surface area contributed by atoms with Crippen molar-refractivity contribution in [3.05, 3.63) is 22.5 Å². The Morgan fingerprint density at radius 3 is 2.74 bits per heavy atom. The van der Waals surface area contributed by atoms with E-state index < -0.39 is 0 Å². The predicted molar refractivity (Wildman–Crippen MR) is 99.2 cm³/mol. The molecule has 0 spiro atoms. The Bertz CT molecular complexity index is 742. The minimum Gasteiger partial charge on any atom is -0.341 e. The summed E-state index contributed by atoms with van der Waals surface area (Å²) in [5, 5.41) is 14.0. The number of piperazine rings is 1. The molecule has 2 fully saturated rings. The van der Waals surface area contributed by atoms with Gasteiger partial charge in [0.1, 0.15) is 11.4 Å². The minimum absolute atomic E-state index is 0.230. The van der Waals surface area contributed by atoms with Gasteiger partial charge in [-0.25, -0.2) is 4.63 Å². The zero-order valence-corrected chi connectivity index (χ0v) is 16.4. The molecule has 10 heteroatoms. The van der Waals surface area contributed by atoms with Crippen LogP contribution in [0.2, 0.25) is 0 Å². The Morgan fingerprint density at radius 2 is 2.04 bits per heavy atom. The highest BCUT2D eigenvalue weighted by Crippen LogP contribution is 2.26. The smallest absolute Gasteiger partial charge is 0.236 e. The van der Waals surface area contributed by atoms with Gasteiger partial charge in [0.05, 0.1) is 12.2 Å². The number of likely N-dealkylation sites (tertiary alicyclic amines) is 1. The number of rotatable bonds is 5. The van der Waals surface area contributed by atoms with E-state index in [2.05, 4.69) is 29.7 Å². The van der Waals surface area contributed by atoms with Crippen molar-refractivity contribution in [3.8, 4) is 0 Å². The van der Waals surface area contributed by atoms with E-state index in [1.165, 1.54) is 11.5 Å². The van der Waals surface area contributed by atoms with Crippen LogP contribution >= 0.6 is 11.5 Å². The molecular weight excluding hydrogens is 366 g/mol. The SMILES string of the molecule is Cc1nonc1CN1CCN(CC(=O)N2CCC[C@H](c3csnn3)C2)CC1. The number of aromatic nitrogens is 4. The minimum atomic E-state index is 0.230. The molecular formula is C17H25N7O2S. The maximum Gasteiger partial charge on any atom is 0.236 e. The van der Waals surface area contributed by atoms with E-state index in [0.29, 0.717) is 12.5 Å². The Balaban J connectivity index is 1.24. The lowest BCUT2D eigenvalue weighted by Crippen LogP contribution is -2.51. The fourth-order valence-corrected chi connectivity index (χ4v) is 4.33. The molecule has 27 heavy (non-hydrogen) atoms. The van der Waals surface area contributed by atoms with Crippen molar-refractivity contribution in [1.29, 1.82) is 0 Å². The van der Waals surface area contributed by atoms with Crippen molar-refractivity contribution < 1.29 is 9.42 Å². The highest BCUT2D eigenvalue weighted by Gasteiger charge is 2.28. The van der Waals surface area contributed by atoms with Crippen LogP contribution in [-0.4, -0.2) is 86.3 Å². The summed E-state index contributed by atoms with van der Waals surface area (Å²) in [7, 11) is 0. The lowest BCUT2D eigenvalue weighted by molar-refractivity contribution is -0.134. The first kappa shape index (κ1) is 18.5. The summed E-state index contributed by atoms with van der Waals surface area (Å²) in [5.74, 6) is 0.561. The third kappa shape index (κ3) is 4.50. The number of nitrogens with zero attached hydrogens (tertiary/aromatic N) is 7. The Kier molecular flexibility index (Phi) is 5.74. The molecule has 1 amide bonds. The molecule has 2 saturated heterocycles. The van der Waals surface area contributed by atoms with Crippen LogP contribution in [0.15, 0.2) is 10.0 Å². The topological polar surface area (TPSA) is 91.5 Å². The molecule has 4 rings (SSSR count). The molecule has 0 unspecified atom stereocenters. The number of carbonyl (C=O) groups is 1. The second kappa shape index (κ2) is 8.41. The van der Waals surface area contributed by atoms with Gasteiger partial charge in [0, 0.05) is 57.1 Å². The first-order valence-corrected chi connectivity index (χ1v) is 10.3. The van der Waals surface area contributed by atoms with Crippen molar-refractivity contribution in [3.63, 3.8) is 0 Å². The van der Waals surface area contributed by atoms with Gasteiger partial charge in [0.25, 0.3) is 0 Å². The Morgan fingerprint density at radius 1 is 1.22 bits per heavy atom. The molecule has 2 aliphatic rings. The third-order valence-corrected chi connectivity index (χ3v) is 6.04. The van der Waals surface area contributed by atoms with Crippen LogP contribution in [0.4, 0.5) is 0 Å². The van der Waals surface area contributed by atoms with Gasteiger partial charge in [-0.15, -0.1) is 5.10 Å². The molecule has 0 aliphatic carbocycles. The summed E-state index contributed by atoms with van der Waals surface area (Å²) < 4.78 is 8.73. The number of piperidine rings is 1. The van der Waals surface area contributed by atoms with E-state index in [4.69, 9.17) is 4.63 Å². The van der Waals surface area contributed by atoms with Gasteiger partial charge in [0.15, 0.2) is 0 Å². The molecule has 0 N–H and O–H groups in total. The quantitative estimate of drug-likeness (QED) is 0.738. The van der Waals surface area contributed by atoms with E-state index in [1.54, 1.807) is 0 Å². The second-order valence-corrected chi connectivity index (χ2v) is 7.97. The maximum atomic E-state index is 12.8. The van der Waals surface area contributed by atoms with Crippen molar-refractivity contribution in [2.75, 3.05) is 45.8 Å². The molecule has 146 valence electrons. The average Bonchev–Trinajstić information content (AvgIpc) is 3.36. The van der Waals surface area contributed by atoms with Crippen molar-refractivity contribution in [2.45, 2.75) is 32.2 Å². The van der Waals surface area contributed by atoms with Crippen molar-refractivity contribution >= 4 is 17.4 Å². The molecule has 0 saturated carbocycles. The Hall–Kier alpha value is -1.91. The van der Waals surface area contributed by atoms with Gasteiger partial charge in [0.2, 0.25) is 5.91 Å². The number of aryl methyl sites for hydroxylation is 1. The zero-order valence-electron chi connectivity index (χ0n) is 15.6. The number of carbonyl (C=O) groups excluding carboxylic acids is 1. The van der Waals surface area contributed by atoms with Gasteiger partial charge in [-0.3, -0.25) is 14.6 Å². The highest BCUT2D eigenvalue weighted by atomic mass is 32.1. The summed E-state index contributed by atoms with van der Waals surface area (Å²) in [6, 6.07) is 0. The van der Waals surface area contributed by atoms with E-state index in [-0.39, 0.29) is 5.91 Å². The van der Waals surface area contributed by atoms with Crippen LogP contribution in [0.1, 0.15) is 35.8 Å². The molecule has 2 aromatic rings. The predicted octanol–water partition coefficient (Wildman–Crippen LogP) is 0.753. The molecule has 9 nitrogen and oxygen atoms in total. The normalized spacial score (nSPS) is 22.3. The fourth-order valence-electron chi connectivity index (χ4n) is 3.80. The first-order chi connectivity index (χ1) is 13.2. The van der Waals surface area contributed by atoms with Crippen LogP contribution < -0.4 is 0 Å². The van der Waals surface area contributed by atoms with Crippen LogP contribution in [0, 0.1) is 6.92 Å². The summed E-state index contributed by atoms with van der Waals surface area (Å²) in [6.45, 7) is 8.42. The van der Waals surface area contributed by atoms with E-state index in [0.717, 1.165) is 75.7 Å². The first-order valence-electron chi connectivity index (χ1n) is 9.46. The molecule has 0 aromatic carbocycles. The van der Waals surface area contributed by atoms with E-state index >= 15 is 0 Å². The molecule has 2 aliphatic heterocycles. The highest BCUT2D eigenvalue weighted by molar-refractivity contribution is 7.03. The van der Waals surface area contributed by atoms with Crippen LogP contribution in [0.5, 0.6) is 0 Å². The van der Waals surface area contributed by atoms with Gasteiger partial charge in [-0.2, -0.15) is 0 Å². The molecule has 2 aromatic heterocycles. The summed E-state index contributed by atoms with van der Waals surface area (Å²) in [6.07, 6.45) is 2.12. The second-order valence-electron chi connectivity index (χ2n) is 7.36. The average molecular weight is 392 g/mol. The van der Waals surface area contributed by atoms with Crippen LogP contribution in [0.25, 0.3) is 0 Å². The monoisotopic (exact) mass is 391 g/mol. The van der Waals surface area contributed by atoms with E-state index in [1.807, 2.05) is 17.2 Å². The summed E-state index contributed by atoms with van der Waals surface area (Å²) in [4.78, 5) is 19.4. The maximum absolute atomic E-state index is 12.8. The summed E-state index contributed by atoms with van der Waals surface area (Å²) in [5.41, 5.74) is 2.78. The number of amides is 1. The fraction of sp³-hybridized carbons (Fsp3) is 0.706. The van der Waals surface area contributed by atoms with Crippen LogP contribution in [0.3, 0.4) is 0 Å². The van der Waals surface area contributed by atoms with Gasteiger partial charge >= 0.3 is 0 Å². The third-order valence-electron chi connectivity index (χ3n) is 5.51. The van der Waals surface area contributed by atoms with Gasteiger partial charge in [-0.1, -0.05) is 14.8 Å². The summed E-state index contributed by atoms with van der Waals surface area (Å²) >= 11 is 1.38. The lowest BCUT2D eigenvalue weighted by atomic mass is 9.95. The van der Waals surface area contributed by atoms with Crippen molar-refractivity contribution in [2.24, 2.45) is 0 Å². The van der Waals surface area contributed by atoms with Crippen molar-refractivity contribution in [1.82, 2.24) is 34.6 Å². The Labute approximate surface area is 162 Å². The number of hydrogen-bond acceptors (Lipinski definition) is 9. The molecule has 0 bridgehead atoms.